The lowest BCUT2D eigenvalue weighted by molar-refractivity contribution is -0.143. The van der Waals surface area contributed by atoms with Gasteiger partial charge in [-0.25, -0.2) is 4.79 Å². The van der Waals surface area contributed by atoms with E-state index in [2.05, 4.69) is 0 Å². The standard InChI is InChI=1S/C19H16O6/c1-19(12-4-6-13(20)7-5-12)17(18(23)24)14-10-11(3-9-16(21)22)2-8-15(14)25-19/h2-10,17,20H,1H3,(H,21,22)(H,23,24). The van der Waals surface area contributed by atoms with E-state index in [1.165, 1.54) is 18.2 Å². The normalized spacial score (nSPS) is 21.7. The van der Waals surface area contributed by atoms with Gasteiger partial charge in [0.15, 0.2) is 0 Å². The third-order valence-electron chi connectivity index (χ3n) is 4.32. The highest BCUT2D eigenvalue weighted by molar-refractivity contribution is 5.86. The van der Waals surface area contributed by atoms with Crippen molar-refractivity contribution >= 4 is 18.0 Å². The maximum atomic E-state index is 12.0. The molecule has 6 heteroatoms. The molecular weight excluding hydrogens is 324 g/mol. The van der Waals surface area contributed by atoms with E-state index in [9.17, 15) is 19.8 Å². The van der Waals surface area contributed by atoms with Crippen LogP contribution in [0.1, 0.15) is 29.5 Å². The fourth-order valence-electron chi connectivity index (χ4n) is 3.13. The van der Waals surface area contributed by atoms with Crippen LogP contribution in [0, 0.1) is 0 Å². The predicted octanol–water partition coefficient (Wildman–Crippen LogP) is 2.97. The van der Waals surface area contributed by atoms with Gasteiger partial charge in [0.1, 0.15) is 23.0 Å². The van der Waals surface area contributed by atoms with E-state index in [4.69, 9.17) is 9.84 Å². The topological polar surface area (TPSA) is 104 Å². The van der Waals surface area contributed by atoms with Gasteiger partial charge in [0.25, 0.3) is 0 Å². The molecule has 2 unspecified atom stereocenters. The average Bonchev–Trinajstić information content (AvgIpc) is 2.85. The summed E-state index contributed by atoms with van der Waals surface area (Å²) in [5.41, 5.74) is 0.537. The molecule has 0 saturated heterocycles. The summed E-state index contributed by atoms with van der Waals surface area (Å²) in [5, 5.41) is 28.0. The zero-order valence-electron chi connectivity index (χ0n) is 13.3. The molecule has 2 aromatic carbocycles. The zero-order chi connectivity index (χ0) is 18.2. The molecule has 1 aliphatic heterocycles. The van der Waals surface area contributed by atoms with E-state index >= 15 is 0 Å². The number of phenolic OH excluding ortho intramolecular Hbond substituents is 1. The lowest BCUT2D eigenvalue weighted by atomic mass is 9.80. The number of aliphatic carboxylic acids is 2. The highest BCUT2D eigenvalue weighted by Crippen LogP contribution is 2.50. The minimum absolute atomic E-state index is 0.0795. The zero-order valence-corrected chi connectivity index (χ0v) is 13.3. The van der Waals surface area contributed by atoms with Crippen molar-refractivity contribution in [2.24, 2.45) is 0 Å². The van der Waals surface area contributed by atoms with E-state index < -0.39 is 23.5 Å². The van der Waals surface area contributed by atoms with Crippen molar-refractivity contribution in [2.75, 3.05) is 0 Å². The van der Waals surface area contributed by atoms with Crippen LogP contribution in [-0.4, -0.2) is 27.3 Å². The number of hydrogen-bond acceptors (Lipinski definition) is 4. The Bertz CT molecular complexity index is 868. The molecule has 0 aromatic heterocycles. The van der Waals surface area contributed by atoms with Crippen LogP contribution in [0.15, 0.2) is 48.5 Å². The number of carboxylic acid groups (broad SMARTS) is 2. The Balaban J connectivity index is 2.07. The Hall–Kier alpha value is -3.28. The Morgan fingerprint density at radius 1 is 1.12 bits per heavy atom. The SMILES string of the molecule is CC1(c2ccc(O)cc2)Oc2ccc(C=CC(=O)O)cc2C1C(=O)O. The predicted molar refractivity (Wildman–Crippen MR) is 89.6 cm³/mol. The fourth-order valence-corrected chi connectivity index (χ4v) is 3.13. The Morgan fingerprint density at radius 2 is 1.80 bits per heavy atom. The molecule has 0 radical (unpaired) electrons. The van der Waals surface area contributed by atoms with Gasteiger partial charge in [-0.15, -0.1) is 0 Å². The van der Waals surface area contributed by atoms with Gasteiger partial charge in [0.05, 0.1) is 0 Å². The number of carbonyl (C=O) groups is 2. The maximum Gasteiger partial charge on any atom is 0.328 e. The van der Waals surface area contributed by atoms with Crippen molar-refractivity contribution in [3.8, 4) is 11.5 Å². The van der Waals surface area contributed by atoms with E-state index in [0.717, 1.165) is 6.08 Å². The van der Waals surface area contributed by atoms with Crippen molar-refractivity contribution in [3.05, 3.63) is 65.2 Å². The number of ether oxygens (including phenoxy) is 1. The van der Waals surface area contributed by atoms with E-state index in [-0.39, 0.29) is 5.75 Å². The van der Waals surface area contributed by atoms with Crippen molar-refractivity contribution in [2.45, 2.75) is 18.4 Å². The molecule has 128 valence electrons. The number of carboxylic acids is 2. The Labute approximate surface area is 143 Å². The summed E-state index contributed by atoms with van der Waals surface area (Å²) in [7, 11) is 0. The molecule has 0 amide bonds. The van der Waals surface area contributed by atoms with Crippen LogP contribution in [0.5, 0.6) is 11.5 Å². The molecule has 0 spiro atoms. The second-order valence-electron chi connectivity index (χ2n) is 6.00. The van der Waals surface area contributed by atoms with Crippen molar-refractivity contribution < 1.29 is 29.6 Å². The van der Waals surface area contributed by atoms with Gasteiger partial charge in [-0.1, -0.05) is 18.2 Å². The van der Waals surface area contributed by atoms with Crippen LogP contribution in [0.2, 0.25) is 0 Å². The molecule has 6 nitrogen and oxygen atoms in total. The molecule has 3 N–H and O–H groups in total. The smallest absolute Gasteiger partial charge is 0.328 e. The van der Waals surface area contributed by atoms with Crippen LogP contribution >= 0.6 is 0 Å². The molecule has 2 aromatic rings. The Kier molecular flexibility index (Phi) is 3.96. The fraction of sp³-hybridized carbons (Fsp3) is 0.158. The van der Waals surface area contributed by atoms with Crippen LogP contribution < -0.4 is 4.74 Å². The summed E-state index contributed by atoms with van der Waals surface area (Å²) < 4.78 is 5.97. The molecule has 0 fully saturated rings. The number of aromatic hydroxyl groups is 1. The van der Waals surface area contributed by atoms with Crippen LogP contribution in [0.3, 0.4) is 0 Å². The largest absolute Gasteiger partial charge is 0.508 e. The molecule has 0 saturated carbocycles. The molecule has 0 bridgehead atoms. The number of benzene rings is 2. The first-order valence-corrected chi connectivity index (χ1v) is 7.57. The number of hydrogen-bond donors (Lipinski definition) is 3. The van der Waals surface area contributed by atoms with Crippen molar-refractivity contribution in [1.82, 2.24) is 0 Å². The summed E-state index contributed by atoms with van der Waals surface area (Å²) in [6, 6.07) is 11.1. The molecule has 3 rings (SSSR count). The summed E-state index contributed by atoms with van der Waals surface area (Å²) in [6.07, 6.45) is 2.39. The van der Waals surface area contributed by atoms with Crippen LogP contribution in [-0.2, 0) is 15.2 Å². The van der Waals surface area contributed by atoms with Crippen LogP contribution in [0.4, 0.5) is 0 Å². The van der Waals surface area contributed by atoms with Crippen molar-refractivity contribution in [3.63, 3.8) is 0 Å². The van der Waals surface area contributed by atoms with Gasteiger partial charge in [0.2, 0.25) is 0 Å². The highest BCUT2D eigenvalue weighted by Gasteiger charge is 2.50. The van der Waals surface area contributed by atoms with Gasteiger partial charge < -0.3 is 20.1 Å². The van der Waals surface area contributed by atoms with E-state index in [1.807, 2.05) is 0 Å². The summed E-state index contributed by atoms with van der Waals surface area (Å²) in [4.78, 5) is 22.6. The van der Waals surface area contributed by atoms with Gasteiger partial charge in [-0.3, -0.25) is 4.79 Å². The third kappa shape index (κ3) is 2.94. The molecule has 25 heavy (non-hydrogen) atoms. The molecular formula is C19H16O6. The third-order valence-corrected chi connectivity index (χ3v) is 4.32. The maximum absolute atomic E-state index is 12.0. The lowest BCUT2D eigenvalue weighted by Gasteiger charge is -2.29. The second kappa shape index (κ2) is 5.98. The number of rotatable bonds is 4. The quantitative estimate of drug-likeness (QED) is 0.739. The van der Waals surface area contributed by atoms with E-state index in [1.54, 1.807) is 37.3 Å². The highest BCUT2D eigenvalue weighted by atomic mass is 16.5. The average molecular weight is 340 g/mol. The monoisotopic (exact) mass is 340 g/mol. The van der Waals surface area contributed by atoms with Crippen LogP contribution in [0.25, 0.3) is 6.08 Å². The molecule has 1 aliphatic rings. The number of fused-ring (bicyclic) bond motifs is 1. The van der Waals surface area contributed by atoms with Gasteiger partial charge in [-0.05, 0) is 48.4 Å². The molecule has 1 heterocycles. The summed E-state index contributed by atoms with van der Waals surface area (Å²) in [5.74, 6) is -2.58. The van der Waals surface area contributed by atoms with Gasteiger partial charge in [-0.2, -0.15) is 0 Å². The lowest BCUT2D eigenvalue weighted by Crippen LogP contribution is -2.35. The minimum atomic E-state index is -1.14. The van der Waals surface area contributed by atoms with E-state index in [0.29, 0.717) is 22.4 Å². The summed E-state index contributed by atoms with van der Waals surface area (Å²) in [6.45, 7) is 1.69. The summed E-state index contributed by atoms with van der Waals surface area (Å²) >= 11 is 0. The number of phenols is 1. The van der Waals surface area contributed by atoms with Crippen molar-refractivity contribution in [1.29, 1.82) is 0 Å². The first kappa shape index (κ1) is 16.6. The second-order valence-corrected chi connectivity index (χ2v) is 6.00. The first-order chi connectivity index (χ1) is 11.8. The van der Waals surface area contributed by atoms with Gasteiger partial charge in [0, 0.05) is 11.6 Å². The Morgan fingerprint density at radius 3 is 2.40 bits per heavy atom. The minimum Gasteiger partial charge on any atom is -0.508 e. The molecule has 0 aliphatic carbocycles. The van der Waals surface area contributed by atoms with Gasteiger partial charge >= 0.3 is 11.9 Å². The first-order valence-electron chi connectivity index (χ1n) is 7.57. The molecule has 2 atom stereocenters.